The van der Waals surface area contributed by atoms with Gasteiger partial charge in [-0.3, -0.25) is 9.69 Å². The van der Waals surface area contributed by atoms with Crippen LogP contribution in [0.2, 0.25) is 0 Å². The molecule has 2 N–H and O–H groups in total. The normalized spacial score (nSPS) is 17.7. The molecule has 0 aromatic carbocycles. The van der Waals surface area contributed by atoms with Crippen LogP contribution < -0.4 is 10.6 Å². The van der Waals surface area contributed by atoms with Crippen molar-refractivity contribution in [2.24, 2.45) is 0 Å². The zero-order valence-electron chi connectivity index (χ0n) is 9.24. The van der Waals surface area contributed by atoms with Gasteiger partial charge in [0.2, 0.25) is 5.91 Å². The van der Waals surface area contributed by atoms with E-state index in [4.69, 9.17) is 5.73 Å². The second kappa shape index (κ2) is 2.95. The summed E-state index contributed by atoms with van der Waals surface area (Å²) < 4.78 is 0. The maximum absolute atomic E-state index is 11.5. The van der Waals surface area contributed by atoms with Crippen LogP contribution in [-0.2, 0) is 10.2 Å². The van der Waals surface area contributed by atoms with Crippen LogP contribution in [0.15, 0.2) is 12.1 Å². The first kappa shape index (κ1) is 9.96. The highest BCUT2D eigenvalue weighted by molar-refractivity contribution is 5.93. The molecular weight excluding hydrogens is 190 g/mol. The minimum atomic E-state index is -0.0400. The standard InChI is InChI=1S/C11H15N3O/c1-7(15)14-6-11(2,3)8-4-5-9(12)13-10(8)14/h4-5H,6H2,1-3H3,(H2,12,13). The van der Waals surface area contributed by atoms with E-state index in [0.717, 1.165) is 5.56 Å². The molecule has 0 aliphatic carbocycles. The average molecular weight is 205 g/mol. The van der Waals surface area contributed by atoms with Gasteiger partial charge >= 0.3 is 0 Å². The summed E-state index contributed by atoms with van der Waals surface area (Å²) in [6.45, 7) is 6.43. The van der Waals surface area contributed by atoms with E-state index in [2.05, 4.69) is 18.8 Å². The predicted octanol–water partition coefficient (Wildman–Crippen LogP) is 1.31. The minimum absolute atomic E-state index is 0.0138. The fourth-order valence-corrected chi connectivity index (χ4v) is 2.01. The molecule has 1 aliphatic rings. The van der Waals surface area contributed by atoms with Crippen molar-refractivity contribution in [1.82, 2.24) is 4.98 Å². The molecule has 1 aliphatic heterocycles. The molecule has 0 fully saturated rings. The van der Waals surface area contributed by atoms with Crippen molar-refractivity contribution in [3.63, 3.8) is 0 Å². The Labute approximate surface area is 89.1 Å². The lowest BCUT2D eigenvalue weighted by Crippen LogP contribution is -2.32. The Kier molecular flexibility index (Phi) is 1.96. The van der Waals surface area contributed by atoms with Crippen molar-refractivity contribution < 1.29 is 4.79 Å². The molecule has 1 amide bonds. The molecular formula is C11H15N3O. The van der Waals surface area contributed by atoms with Gasteiger partial charge in [0, 0.05) is 24.4 Å². The van der Waals surface area contributed by atoms with E-state index >= 15 is 0 Å². The summed E-state index contributed by atoms with van der Waals surface area (Å²) >= 11 is 0. The molecule has 4 heteroatoms. The average Bonchev–Trinajstić information content (AvgIpc) is 2.38. The zero-order valence-corrected chi connectivity index (χ0v) is 9.24. The summed E-state index contributed by atoms with van der Waals surface area (Å²) in [5, 5.41) is 0. The van der Waals surface area contributed by atoms with E-state index in [1.54, 1.807) is 17.9 Å². The number of pyridine rings is 1. The Hall–Kier alpha value is -1.58. The smallest absolute Gasteiger partial charge is 0.225 e. The van der Waals surface area contributed by atoms with E-state index in [9.17, 15) is 4.79 Å². The Balaban J connectivity index is 2.58. The third kappa shape index (κ3) is 1.46. The summed E-state index contributed by atoms with van der Waals surface area (Å²) in [7, 11) is 0. The number of aromatic nitrogens is 1. The van der Waals surface area contributed by atoms with E-state index in [-0.39, 0.29) is 11.3 Å². The number of nitrogen functional groups attached to an aromatic ring is 1. The summed E-state index contributed by atoms with van der Waals surface area (Å²) in [5.74, 6) is 1.19. The van der Waals surface area contributed by atoms with Gasteiger partial charge in [0.25, 0.3) is 0 Å². The van der Waals surface area contributed by atoms with Gasteiger partial charge in [0.15, 0.2) is 0 Å². The van der Waals surface area contributed by atoms with Gasteiger partial charge in [0.05, 0.1) is 0 Å². The van der Waals surface area contributed by atoms with Gasteiger partial charge in [-0.15, -0.1) is 0 Å². The number of hydrogen-bond acceptors (Lipinski definition) is 3. The monoisotopic (exact) mass is 205 g/mol. The number of nitrogens with two attached hydrogens (primary N) is 1. The van der Waals surface area contributed by atoms with E-state index in [1.807, 2.05) is 6.07 Å². The van der Waals surface area contributed by atoms with Crippen LogP contribution in [0.3, 0.4) is 0 Å². The third-order valence-corrected chi connectivity index (χ3v) is 2.81. The summed E-state index contributed by atoms with van der Waals surface area (Å²) in [5.41, 5.74) is 6.68. The highest BCUT2D eigenvalue weighted by Gasteiger charge is 2.37. The number of nitrogens with zero attached hydrogens (tertiary/aromatic N) is 2. The largest absolute Gasteiger partial charge is 0.384 e. The topological polar surface area (TPSA) is 59.2 Å². The van der Waals surface area contributed by atoms with Gasteiger partial charge in [0.1, 0.15) is 11.6 Å². The van der Waals surface area contributed by atoms with Gasteiger partial charge < -0.3 is 5.73 Å². The maximum atomic E-state index is 11.5. The van der Waals surface area contributed by atoms with Gasteiger partial charge in [-0.25, -0.2) is 4.98 Å². The van der Waals surface area contributed by atoms with Crippen LogP contribution >= 0.6 is 0 Å². The number of fused-ring (bicyclic) bond motifs is 1. The third-order valence-electron chi connectivity index (χ3n) is 2.81. The Morgan fingerprint density at radius 1 is 1.53 bits per heavy atom. The number of rotatable bonds is 0. The molecule has 0 unspecified atom stereocenters. The van der Waals surface area contributed by atoms with Crippen molar-refractivity contribution in [1.29, 1.82) is 0 Å². The molecule has 0 saturated heterocycles. The summed E-state index contributed by atoms with van der Waals surface area (Å²) in [6, 6.07) is 3.74. The first-order valence-electron chi connectivity index (χ1n) is 4.97. The van der Waals surface area contributed by atoms with E-state index < -0.39 is 0 Å². The number of carbonyl (C=O) groups is 1. The molecule has 1 aromatic rings. The van der Waals surface area contributed by atoms with Crippen molar-refractivity contribution >= 4 is 17.5 Å². The molecule has 2 rings (SSSR count). The van der Waals surface area contributed by atoms with E-state index in [1.165, 1.54) is 0 Å². The molecule has 4 nitrogen and oxygen atoms in total. The summed E-state index contributed by atoms with van der Waals surface area (Å²) in [6.07, 6.45) is 0. The van der Waals surface area contributed by atoms with Crippen LogP contribution in [0.25, 0.3) is 0 Å². The molecule has 0 radical (unpaired) electrons. The highest BCUT2D eigenvalue weighted by Crippen LogP contribution is 2.39. The van der Waals surface area contributed by atoms with Crippen LogP contribution in [-0.4, -0.2) is 17.4 Å². The van der Waals surface area contributed by atoms with E-state index in [0.29, 0.717) is 18.2 Å². The summed E-state index contributed by atoms with van der Waals surface area (Å²) in [4.78, 5) is 17.4. The molecule has 0 bridgehead atoms. The predicted molar refractivity (Wildman–Crippen MR) is 59.7 cm³/mol. The van der Waals surface area contributed by atoms with Crippen LogP contribution in [0, 0.1) is 0 Å². The number of anilines is 2. The Bertz CT molecular complexity index is 426. The second-order valence-corrected chi connectivity index (χ2v) is 4.60. The number of carbonyl (C=O) groups excluding carboxylic acids is 1. The second-order valence-electron chi connectivity index (χ2n) is 4.60. The fourth-order valence-electron chi connectivity index (χ4n) is 2.01. The lowest BCUT2D eigenvalue weighted by atomic mass is 9.88. The first-order chi connectivity index (χ1) is 6.92. The van der Waals surface area contributed by atoms with Crippen LogP contribution in [0.1, 0.15) is 26.3 Å². The fraction of sp³-hybridized carbons (Fsp3) is 0.455. The molecule has 80 valence electrons. The molecule has 15 heavy (non-hydrogen) atoms. The molecule has 0 spiro atoms. The Morgan fingerprint density at radius 2 is 2.20 bits per heavy atom. The lowest BCUT2D eigenvalue weighted by molar-refractivity contribution is -0.116. The lowest BCUT2D eigenvalue weighted by Gasteiger charge is -2.18. The van der Waals surface area contributed by atoms with Gasteiger partial charge in [-0.2, -0.15) is 0 Å². The molecule has 0 atom stereocenters. The van der Waals surface area contributed by atoms with Crippen molar-refractivity contribution in [2.45, 2.75) is 26.2 Å². The molecule has 1 aromatic heterocycles. The SMILES string of the molecule is CC(=O)N1CC(C)(C)c2ccc(N)nc21. The zero-order chi connectivity index (χ0) is 11.2. The number of amides is 1. The quantitative estimate of drug-likeness (QED) is 0.694. The van der Waals surface area contributed by atoms with Crippen molar-refractivity contribution in [3.05, 3.63) is 17.7 Å². The van der Waals surface area contributed by atoms with Gasteiger partial charge in [-0.1, -0.05) is 19.9 Å². The van der Waals surface area contributed by atoms with Crippen molar-refractivity contribution in [2.75, 3.05) is 17.2 Å². The first-order valence-corrected chi connectivity index (χ1v) is 4.97. The maximum Gasteiger partial charge on any atom is 0.225 e. The van der Waals surface area contributed by atoms with Crippen LogP contribution in [0.5, 0.6) is 0 Å². The minimum Gasteiger partial charge on any atom is -0.384 e. The van der Waals surface area contributed by atoms with Crippen LogP contribution in [0.4, 0.5) is 11.6 Å². The number of hydrogen-bond donors (Lipinski definition) is 1. The molecule has 0 saturated carbocycles. The molecule has 2 heterocycles. The highest BCUT2D eigenvalue weighted by atomic mass is 16.2. The van der Waals surface area contributed by atoms with Gasteiger partial charge in [-0.05, 0) is 6.07 Å². The van der Waals surface area contributed by atoms with Crippen molar-refractivity contribution in [3.8, 4) is 0 Å². The Morgan fingerprint density at radius 3 is 2.80 bits per heavy atom.